The van der Waals surface area contributed by atoms with Crippen molar-refractivity contribution in [1.29, 1.82) is 0 Å². The normalized spacial score (nSPS) is 20.9. The Bertz CT molecular complexity index is 578. The number of fused-ring (bicyclic) bond motifs is 1. The topological polar surface area (TPSA) is 34.0 Å². The first kappa shape index (κ1) is 12.1. The molecule has 0 bridgehead atoms. The van der Waals surface area contributed by atoms with Crippen molar-refractivity contribution in [2.75, 3.05) is 20.1 Å². The lowest BCUT2D eigenvalue weighted by molar-refractivity contribution is 0.370. The second-order valence-corrected chi connectivity index (χ2v) is 6.13. The highest BCUT2D eigenvalue weighted by Gasteiger charge is 2.21. The average Bonchev–Trinajstić information content (AvgIpc) is 2.89. The Morgan fingerprint density at radius 1 is 1.44 bits per heavy atom. The zero-order valence-electron chi connectivity index (χ0n) is 10.7. The number of rotatable bonds is 2. The highest BCUT2D eigenvalue weighted by molar-refractivity contribution is 9.10. The molecule has 1 aromatic carbocycles. The van der Waals surface area contributed by atoms with Crippen LogP contribution in [0.3, 0.4) is 0 Å². The van der Waals surface area contributed by atoms with Gasteiger partial charge in [0, 0.05) is 17.6 Å². The summed E-state index contributed by atoms with van der Waals surface area (Å²) < 4.78 is 3.17. The lowest BCUT2D eigenvalue weighted by Crippen LogP contribution is -2.17. The standard InChI is InChI=1S/C13H17BrN4/c1-9-5-12-13(6-11(9)14)18(16-15-12)8-10-3-4-17(2)7-10/h5-6,10H,3-4,7-8H2,1-2H3. The molecular formula is C13H17BrN4. The van der Waals surface area contributed by atoms with Crippen molar-refractivity contribution in [1.82, 2.24) is 19.9 Å². The van der Waals surface area contributed by atoms with Crippen LogP contribution >= 0.6 is 15.9 Å². The molecule has 5 heteroatoms. The molecule has 0 aliphatic carbocycles. The number of likely N-dealkylation sites (tertiary alicyclic amines) is 1. The van der Waals surface area contributed by atoms with Gasteiger partial charge in [-0.2, -0.15) is 0 Å². The van der Waals surface area contributed by atoms with Crippen LogP contribution in [0.2, 0.25) is 0 Å². The molecule has 0 N–H and O–H groups in total. The van der Waals surface area contributed by atoms with Crippen LogP contribution in [-0.4, -0.2) is 40.0 Å². The number of hydrogen-bond donors (Lipinski definition) is 0. The molecule has 0 amide bonds. The number of aryl methyl sites for hydroxylation is 1. The molecular weight excluding hydrogens is 292 g/mol. The zero-order chi connectivity index (χ0) is 12.7. The Kier molecular flexibility index (Phi) is 3.11. The van der Waals surface area contributed by atoms with Gasteiger partial charge in [0.25, 0.3) is 0 Å². The van der Waals surface area contributed by atoms with E-state index in [4.69, 9.17) is 0 Å². The number of nitrogens with zero attached hydrogens (tertiary/aromatic N) is 4. The summed E-state index contributed by atoms with van der Waals surface area (Å²) >= 11 is 3.58. The van der Waals surface area contributed by atoms with Crippen molar-refractivity contribution < 1.29 is 0 Å². The highest BCUT2D eigenvalue weighted by atomic mass is 79.9. The van der Waals surface area contributed by atoms with E-state index in [1.165, 1.54) is 18.5 Å². The summed E-state index contributed by atoms with van der Waals surface area (Å²) in [6.07, 6.45) is 1.25. The first-order valence-electron chi connectivity index (χ1n) is 6.31. The Labute approximate surface area is 115 Å². The summed E-state index contributed by atoms with van der Waals surface area (Å²) in [6, 6.07) is 4.22. The predicted octanol–water partition coefficient (Wildman–Crippen LogP) is 2.45. The van der Waals surface area contributed by atoms with Crippen LogP contribution < -0.4 is 0 Å². The molecule has 0 spiro atoms. The minimum Gasteiger partial charge on any atom is -0.306 e. The molecule has 18 heavy (non-hydrogen) atoms. The van der Waals surface area contributed by atoms with E-state index < -0.39 is 0 Å². The third kappa shape index (κ3) is 2.17. The van der Waals surface area contributed by atoms with Crippen molar-refractivity contribution in [3.63, 3.8) is 0 Å². The smallest absolute Gasteiger partial charge is 0.113 e. The van der Waals surface area contributed by atoms with Gasteiger partial charge in [-0.15, -0.1) is 5.10 Å². The molecule has 4 nitrogen and oxygen atoms in total. The average molecular weight is 309 g/mol. The van der Waals surface area contributed by atoms with Gasteiger partial charge in [-0.3, -0.25) is 0 Å². The first-order valence-corrected chi connectivity index (χ1v) is 7.10. The van der Waals surface area contributed by atoms with Crippen LogP contribution in [0.5, 0.6) is 0 Å². The van der Waals surface area contributed by atoms with E-state index in [1.807, 2.05) is 4.68 Å². The summed E-state index contributed by atoms with van der Waals surface area (Å²) in [7, 11) is 2.18. The van der Waals surface area contributed by atoms with E-state index in [0.29, 0.717) is 5.92 Å². The fourth-order valence-corrected chi connectivity index (χ4v) is 2.98. The van der Waals surface area contributed by atoms with Crippen molar-refractivity contribution >= 4 is 27.0 Å². The lowest BCUT2D eigenvalue weighted by Gasteiger charge is -2.10. The quantitative estimate of drug-likeness (QED) is 0.854. The molecule has 1 fully saturated rings. The maximum atomic E-state index is 4.29. The minimum atomic E-state index is 0.694. The first-order chi connectivity index (χ1) is 8.63. The highest BCUT2D eigenvalue weighted by Crippen LogP contribution is 2.24. The Balaban J connectivity index is 1.90. The molecule has 1 saturated heterocycles. The Morgan fingerprint density at radius 2 is 2.28 bits per heavy atom. The second-order valence-electron chi connectivity index (χ2n) is 5.28. The van der Waals surface area contributed by atoms with E-state index in [9.17, 15) is 0 Å². The van der Waals surface area contributed by atoms with Crippen molar-refractivity contribution in [2.24, 2.45) is 5.92 Å². The molecule has 1 aliphatic rings. The van der Waals surface area contributed by atoms with Gasteiger partial charge in [-0.05, 0) is 50.6 Å². The molecule has 2 heterocycles. The fourth-order valence-electron chi connectivity index (χ4n) is 2.65. The fraction of sp³-hybridized carbons (Fsp3) is 0.538. The van der Waals surface area contributed by atoms with Gasteiger partial charge >= 0.3 is 0 Å². The predicted molar refractivity (Wildman–Crippen MR) is 75.6 cm³/mol. The van der Waals surface area contributed by atoms with E-state index in [-0.39, 0.29) is 0 Å². The SMILES string of the molecule is Cc1cc2nnn(CC3CCN(C)C3)c2cc1Br. The second kappa shape index (κ2) is 4.63. The van der Waals surface area contributed by atoms with Crippen LogP contribution in [0.25, 0.3) is 11.0 Å². The van der Waals surface area contributed by atoms with Crippen LogP contribution in [0.4, 0.5) is 0 Å². The molecule has 1 unspecified atom stereocenters. The minimum absolute atomic E-state index is 0.694. The number of aromatic nitrogens is 3. The zero-order valence-corrected chi connectivity index (χ0v) is 12.3. The molecule has 0 saturated carbocycles. The van der Waals surface area contributed by atoms with Crippen LogP contribution in [0, 0.1) is 12.8 Å². The third-order valence-electron chi connectivity index (χ3n) is 3.71. The third-order valence-corrected chi connectivity index (χ3v) is 4.57. The molecule has 1 aliphatic heterocycles. The van der Waals surface area contributed by atoms with Crippen molar-refractivity contribution in [3.05, 3.63) is 22.2 Å². The van der Waals surface area contributed by atoms with Crippen LogP contribution in [-0.2, 0) is 6.54 Å². The van der Waals surface area contributed by atoms with Crippen molar-refractivity contribution in [2.45, 2.75) is 19.9 Å². The summed E-state index contributed by atoms with van der Waals surface area (Å²) in [4.78, 5) is 2.38. The van der Waals surface area contributed by atoms with Gasteiger partial charge in [0.2, 0.25) is 0 Å². The van der Waals surface area contributed by atoms with Gasteiger partial charge in [0.1, 0.15) is 5.52 Å². The van der Waals surface area contributed by atoms with Gasteiger partial charge < -0.3 is 4.90 Å². The number of hydrogen-bond acceptors (Lipinski definition) is 3. The summed E-state index contributed by atoms with van der Waals surface area (Å²) in [6.45, 7) is 5.40. The largest absolute Gasteiger partial charge is 0.306 e. The van der Waals surface area contributed by atoms with Gasteiger partial charge in [-0.1, -0.05) is 21.1 Å². The van der Waals surface area contributed by atoms with E-state index in [1.54, 1.807) is 0 Å². The van der Waals surface area contributed by atoms with Gasteiger partial charge in [0.15, 0.2) is 0 Å². The van der Waals surface area contributed by atoms with Crippen molar-refractivity contribution in [3.8, 4) is 0 Å². The molecule has 2 aromatic rings. The molecule has 0 radical (unpaired) electrons. The van der Waals surface area contributed by atoms with Crippen LogP contribution in [0.15, 0.2) is 16.6 Å². The lowest BCUT2D eigenvalue weighted by atomic mass is 10.1. The number of benzene rings is 1. The maximum Gasteiger partial charge on any atom is 0.113 e. The summed E-state index contributed by atoms with van der Waals surface area (Å²) in [5.41, 5.74) is 3.32. The van der Waals surface area contributed by atoms with E-state index in [0.717, 1.165) is 28.6 Å². The van der Waals surface area contributed by atoms with Crippen LogP contribution in [0.1, 0.15) is 12.0 Å². The monoisotopic (exact) mass is 308 g/mol. The van der Waals surface area contributed by atoms with E-state index >= 15 is 0 Å². The van der Waals surface area contributed by atoms with Gasteiger partial charge in [-0.25, -0.2) is 4.68 Å². The molecule has 3 rings (SSSR count). The molecule has 96 valence electrons. The maximum absolute atomic E-state index is 4.29. The number of halogens is 1. The summed E-state index contributed by atoms with van der Waals surface area (Å²) in [5.74, 6) is 0.694. The van der Waals surface area contributed by atoms with E-state index in [2.05, 4.69) is 57.2 Å². The Morgan fingerprint density at radius 3 is 3.00 bits per heavy atom. The molecule has 1 aromatic heterocycles. The summed E-state index contributed by atoms with van der Waals surface area (Å²) in [5, 5.41) is 8.55. The molecule has 1 atom stereocenters. The Hall–Kier alpha value is -0.940. The van der Waals surface area contributed by atoms with Gasteiger partial charge in [0.05, 0.1) is 5.52 Å².